The summed E-state index contributed by atoms with van der Waals surface area (Å²) >= 11 is 0. The zero-order valence-corrected chi connectivity index (χ0v) is 20.8. The Morgan fingerprint density at radius 2 is 2.08 bits per heavy atom. The van der Waals surface area contributed by atoms with Crippen LogP contribution >= 0.6 is 0 Å². The molecule has 0 saturated carbocycles. The summed E-state index contributed by atoms with van der Waals surface area (Å²) in [5.41, 5.74) is 8.67. The minimum Gasteiger partial charge on any atom is -0.494 e. The summed E-state index contributed by atoms with van der Waals surface area (Å²) in [7, 11) is 3.47. The molecule has 3 aromatic rings. The molecule has 1 aromatic heterocycles. The van der Waals surface area contributed by atoms with Crippen molar-refractivity contribution in [2.75, 3.05) is 26.9 Å². The molecule has 9 nitrogen and oxygen atoms in total. The van der Waals surface area contributed by atoms with Gasteiger partial charge in [0.25, 0.3) is 11.8 Å². The molecule has 0 spiro atoms. The smallest absolute Gasteiger partial charge is 0.255 e. The van der Waals surface area contributed by atoms with Crippen LogP contribution in [-0.2, 0) is 13.6 Å². The van der Waals surface area contributed by atoms with Crippen molar-refractivity contribution in [3.63, 3.8) is 0 Å². The van der Waals surface area contributed by atoms with Crippen molar-refractivity contribution in [1.82, 2.24) is 19.8 Å². The number of ether oxygens (including phenoxy) is 1. The van der Waals surface area contributed by atoms with Crippen molar-refractivity contribution in [1.29, 1.82) is 0 Å². The van der Waals surface area contributed by atoms with Gasteiger partial charge >= 0.3 is 0 Å². The number of halogens is 1. The maximum atomic E-state index is 13.5. The van der Waals surface area contributed by atoms with E-state index in [1.165, 1.54) is 0 Å². The zero-order chi connectivity index (χ0) is 25.8. The highest BCUT2D eigenvalue weighted by molar-refractivity contribution is 6.09. The number of amides is 2. The van der Waals surface area contributed by atoms with E-state index < -0.39 is 12.7 Å². The van der Waals surface area contributed by atoms with E-state index in [1.807, 2.05) is 42.8 Å². The molecule has 2 amide bonds. The topological polar surface area (TPSA) is 115 Å². The number of benzene rings is 2. The Morgan fingerprint density at radius 1 is 1.31 bits per heavy atom. The molecule has 4 rings (SSSR count). The second-order valence-corrected chi connectivity index (χ2v) is 8.69. The molecule has 0 bridgehead atoms. The third-order valence-electron chi connectivity index (χ3n) is 6.49. The standard InChI is InChI=1S/C26H31FN6O3/c1-4-33-15-16-8-5-9-17(22(16)26(33)35)25(34)30-18(10-7-13-29-21(28)14-27)24-31-23-19(32(24)2)11-6-12-20(23)36-3/h5-6,8-9,11-12,18H,4,7,10,13-15H2,1-3H3,(H2,28,29)(H,30,34). The Bertz CT molecular complexity index is 1320. The molecule has 10 heteroatoms. The molecule has 2 aromatic carbocycles. The summed E-state index contributed by atoms with van der Waals surface area (Å²) in [4.78, 5) is 37.0. The average Bonchev–Trinajstić information content (AvgIpc) is 3.41. The number of methoxy groups -OCH3 is 1. The summed E-state index contributed by atoms with van der Waals surface area (Å²) in [6.45, 7) is 2.50. The highest BCUT2D eigenvalue weighted by Crippen LogP contribution is 2.30. The molecule has 0 saturated heterocycles. The van der Waals surface area contributed by atoms with Crippen LogP contribution in [0.5, 0.6) is 5.75 Å². The van der Waals surface area contributed by atoms with E-state index in [-0.39, 0.29) is 17.6 Å². The Kier molecular flexibility index (Phi) is 7.52. The van der Waals surface area contributed by atoms with Crippen molar-refractivity contribution < 1.29 is 18.7 Å². The summed E-state index contributed by atoms with van der Waals surface area (Å²) in [6, 6.07) is 10.5. The van der Waals surface area contributed by atoms with Gasteiger partial charge in [0, 0.05) is 26.7 Å². The summed E-state index contributed by atoms with van der Waals surface area (Å²) in [5, 5.41) is 3.09. The second-order valence-electron chi connectivity index (χ2n) is 8.69. The van der Waals surface area contributed by atoms with Crippen LogP contribution in [0.15, 0.2) is 41.4 Å². The number of alkyl halides is 1. The van der Waals surface area contributed by atoms with Crippen molar-refractivity contribution in [2.24, 2.45) is 17.8 Å². The Balaban J connectivity index is 1.67. The first kappa shape index (κ1) is 25.2. The third kappa shape index (κ3) is 4.75. The van der Waals surface area contributed by atoms with Gasteiger partial charge in [0.05, 0.1) is 29.8 Å². The van der Waals surface area contributed by atoms with Gasteiger partial charge in [-0.3, -0.25) is 14.6 Å². The van der Waals surface area contributed by atoms with Crippen LogP contribution in [0.1, 0.15) is 57.9 Å². The maximum absolute atomic E-state index is 13.5. The molecule has 0 aliphatic carbocycles. The number of aliphatic imine (C=N–C) groups is 1. The number of carbonyl (C=O) groups is 2. The lowest BCUT2D eigenvalue weighted by Gasteiger charge is -2.19. The minimum atomic E-state index is -0.799. The zero-order valence-electron chi connectivity index (χ0n) is 20.8. The predicted octanol–water partition coefficient (Wildman–Crippen LogP) is 3.14. The van der Waals surface area contributed by atoms with Crippen LogP contribution in [0, 0.1) is 0 Å². The summed E-state index contributed by atoms with van der Waals surface area (Å²) in [6.07, 6.45) is 1.03. The Morgan fingerprint density at radius 3 is 2.81 bits per heavy atom. The molecular formula is C26H31FN6O3. The quantitative estimate of drug-likeness (QED) is 0.255. The van der Waals surface area contributed by atoms with E-state index in [0.29, 0.717) is 60.7 Å². The minimum absolute atomic E-state index is 0.0538. The molecule has 36 heavy (non-hydrogen) atoms. The van der Waals surface area contributed by atoms with E-state index in [4.69, 9.17) is 15.5 Å². The number of amidine groups is 1. The van der Waals surface area contributed by atoms with Gasteiger partial charge in [0.1, 0.15) is 29.6 Å². The normalized spacial score (nSPS) is 14.3. The lowest BCUT2D eigenvalue weighted by atomic mass is 10.0. The van der Waals surface area contributed by atoms with E-state index in [1.54, 1.807) is 24.1 Å². The molecule has 1 aliphatic heterocycles. The van der Waals surface area contributed by atoms with E-state index in [9.17, 15) is 14.0 Å². The van der Waals surface area contributed by atoms with E-state index >= 15 is 0 Å². The summed E-state index contributed by atoms with van der Waals surface area (Å²) in [5.74, 6) is 0.722. The monoisotopic (exact) mass is 494 g/mol. The molecule has 1 unspecified atom stereocenters. The number of rotatable bonds is 10. The molecule has 1 aliphatic rings. The lowest BCUT2D eigenvalue weighted by Crippen LogP contribution is -2.32. The van der Waals surface area contributed by atoms with Gasteiger partial charge in [0.2, 0.25) is 0 Å². The van der Waals surface area contributed by atoms with Crippen molar-refractivity contribution in [3.05, 3.63) is 58.9 Å². The highest BCUT2D eigenvalue weighted by atomic mass is 19.1. The highest BCUT2D eigenvalue weighted by Gasteiger charge is 2.32. The van der Waals surface area contributed by atoms with Crippen LogP contribution in [0.2, 0.25) is 0 Å². The van der Waals surface area contributed by atoms with Gasteiger partial charge in [-0.2, -0.15) is 0 Å². The van der Waals surface area contributed by atoms with Gasteiger partial charge < -0.3 is 25.3 Å². The molecule has 0 radical (unpaired) electrons. The number of fused-ring (bicyclic) bond motifs is 2. The van der Waals surface area contributed by atoms with Gasteiger partial charge in [-0.25, -0.2) is 9.37 Å². The first-order chi connectivity index (χ1) is 17.4. The van der Waals surface area contributed by atoms with Gasteiger partial charge in [-0.1, -0.05) is 18.2 Å². The summed E-state index contributed by atoms with van der Waals surface area (Å²) < 4.78 is 20.1. The number of nitrogens with two attached hydrogens (primary N) is 1. The van der Waals surface area contributed by atoms with Crippen LogP contribution < -0.4 is 15.8 Å². The molecule has 3 N–H and O–H groups in total. The molecule has 190 valence electrons. The number of carbonyl (C=O) groups excluding carboxylic acids is 2. The fourth-order valence-corrected chi connectivity index (χ4v) is 4.61. The second kappa shape index (κ2) is 10.8. The van der Waals surface area contributed by atoms with Gasteiger partial charge in [-0.15, -0.1) is 0 Å². The maximum Gasteiger partial charge on any atom is 0.255 e. The SMILES string of the molecule is CCN1Cc2cccc(C(=O)NC(CCCN=C(N)CF)c3nc4c(OC)cccc4n3C)c2C1=O. The predicted molar refractivity (Wildman–Crippen MR) is 136 cm³/mol. The number of hydrogen-bond acceptors (Lipinski definition) is 5. The largest absolute Gasteiger partial charge is 0.494 e. The van der Waals surface area contributed by atoms with Crippen molar-refractivity contribution in [3.8, 4) is 5.75 Å². The number of aryl methyl sites for hydroxylation is 1. The average molecular weight is 495 g/mol. The van der Waals surface area contributed by atoms with E-state index in [2.05, 4.69) is 10.3 Å². The first-order valence-electron chi connectivity index (χ1n) is 12.0. The molecule has 1 atom stereocenters. The number of imidazole rings is 1. The van der Waals surface area contributed by atoms with E-state index in [0.717, 1.165) is 11.1 Å². The number of para-hydroxylation sites is 1. The lowest BCUT2D eigenvalue weighted by molar-refractivity contribution is 0.0780. The van der Waals surface area contributed by atoms with Crippen LogP contribution in [0.3, 0.4) is 0 Å². The number of nitrogens with one attached hydrogen (secondary N) is 1. The molecule has 2 heterocycles. The van der Waals surface area contributed by atoms with Crippen molar-refractivity contribution >= 4 is 28.7 Å². The first-order valence-corrected chi connectivity index (χ1v) is 12.0. The number of aromatic nitrogens is 2. The van der Waals surface area contributed by atoms with Gasteiger partial charge in [0.15, 0.2) is 0 Å². The van der Waals surface area contributed by atoms with Crippen LogP contribution in [0.4, 0.5) is 4.39 Å². The number of nitrogens with zero attached hydrogens (tertiary/aromatic N) is 4. The fraction of sp³-hybridized carbons (Fsp3) is 0.385. The Hall–Kier alpha value is -3.95. The van der Waals surface area contributed by atoms with Crippen molar-refractivity contribution in [2.45, 2.75) is 32.4 Å². The fourth-order valence-electron chi connectivity index (χ4n) is 4.61. The Labute approximate surface area is 209 Å². The number of hydrogen-bond donors (Lipinski definition) is 2. The van der Waals surface area contributed by atoms with Crippen LogP contribution in [0.25, 0.3) is 11.0 Å². The third-order valence-corrected chi connectivity index (χ3v) is 6.49. The molecular weight excluding hydrogens is 463 g/mol. The van der Waals surface area contributed by atoms with Crippen LogP contribution in [-0.4, -0.2) is 59.0 Å². The van der Waals surface area contributed by atoms with Gasteiger partial charge in [-0.05, 0) is 43.5 Å². The molecule has 0 fully saturated rings.